The molecule has 9 heteroatoms. The molecule has 1 N–H and O–H groups in total. The van der Waals surface area contributed by atoms with E-state index >= 15 is 0 Å². The number of esters is 1. The molecular formula is C17H16ClNO6S. The summed E-state index contributed by atoms with van der Waals surface area (Å²) in [5.74, 6) is 0.507. The Morgan fingerprint density at radius 2 is 2.00 bits per heavy atom. The Bertz CT molecular complexity index is 931. The number of para-hydroxylation sites is 2. The van der Waals surface area contributed by atoms with Gasteiger partial charge in [0.05, 0.1) is 24.2 Å². The molecule has 1 aliphatic heterocycles. The number of nitrogens with one attached hydrogen (secondary N) is 1. The lowest BCUT2D eigenvalue weighted by Gasteiger charge is -2.26. The summed E-state index contributed by atoms with van der Waals surface area (Å²) in [7, 11) is -2.75. The zero-order valence-corrected chi connectivity index (χ0v) is 15.3. The SMILES string of the molecule is COC(=O)c1ccc(Cl)c(S(=O)(=O)NC[C@@H]2COc3ccccc3O2)c1. The maximum Gasteiger partial charge on any atom is 0.337 e. The molecule has 26 heavy (non-hydrogen) atoms. The zero-order chi connectivity index (χ0) is 18.7. The number of carbonyl (C=O) groups is 1. The number of methoxy groups -OCH3 is 1. The van der Waals surface area contributed by atoms with Gasteiger partial charge in [0.1, 0.15) is 17.6 Å². The van der Waals surface area contributed by atoms with Crippen LogP contribution in [0.2, 0.25) is 5.02 Å². The maximum atomic E-state index is 12.6. The lowest BCUT2D eigenvalue weighted by molar-refractivity contribution is 0.0600. The highest BCUT2D eigenvalue weighted by Gasteiger charge is 2.25. The van der Waals surface area contributed by atoms with Crippen LogP contribution in [0.15, 0.2) is 47.4 Å². The van der Waals surface area contributed by atoms with Crippen molar-refractivity contribution in [1.29, 1.82) is 0 Å². The van der Waals surface area contributed by atoms with Crippen LogP contribution in [0.1, 0.15) is 10.4 Å². The average molecular weight is 398 g/mol. The van der Waals surface area contributed by atoms with Gasteiger partial charge in [-0.25, -0.2) is 17.9 Å². The van der Waals surface area contributed by atoms with Crippen molar-refractivity contribution >= 4 is 27.6 Å². The second-order valence-electron chi connectivity index (χ2n) is 5.49. The second kappa shape index (κ2) is 7.53. The molecule has 0 aliphatic carbocycles. The molecule has 0 aromatic heterocycles. The van der Waals surface area contributed by atoms with E-state index in [0.29, 0.717) is 11.5 Å². The minimum Gasteiger partial charge on any atom is -0.486 e. The van der Waals surface area contributed by atoms with Crippen molar-refractivity contribution in [2.75, 3.05) is 20.3 Å². The number of fused-ring (bicyclic) bond motifs is 1. The van der Waals surface area contributed by atoms with Crippen LogP contribution in [0.25, 0.3) is 0 Å². The molecule has 7 nitrogen and oxygen atoms in total. The molecule has 0 unspecified atom stereocenters. The number of hydrogen-bond acceptors (Lipinski definition) is 6. The van der Waals surface area contributed by atoms with Gasteiger partial charge in [0.2, 0.25) is 10.0 Å². The van der Waals surface area contributed by atoms with Gasteiger partial charge >= 0.3 is 5.97 Å². The molecule has 3 rings (SSSR count). The molecule has 0 radical (unpaired) electrons. The van der Waals surface area contributed by atoms with Gasteiger partial charge in [-0.05, 0) is 30.3 Å². The molecule has 2 aromatic rings. The van der Waals surface area contributed by atoms with E-state index in [1.807, 2.05) is 6.07 Å². The minimum atomic E-state index is -3.96. The van der Waals surface area contributed by atoms with Gasteiger partial charge in [0, 0.05) is 0 Å². The normalized spacial score (nSPS) is 16.2. The molecule has 138 valence electrons. The lowest BCUT2D eigenvalue weighted by atomic mass is 10.2. The van der Waals surface area contributed by atoms with Gasteiger partial charge in [-0.2, -0.15) is 0 Å². The van der Waals surface area contributed by atoms with Crippen molar-refractivity contribution in [2.24, 2.45) is 0 Å². The van der Waals surface area contributed by atoms with Gasteiger partial charge in [-0.1, -0.05) is 23.7 Å². The largest absolute Gasteiger partial charge is 0.486 e. The number of halogens is 1. The van der Waals surface area contributed by atoms with Crippen molar-refractivity contribution in [3.63, 3.8) is 0 Å². The molecular weight excluding hydrogens is 382 g/mol. The van der Waals surface area contributed by atoms with Crippen LogP contribution in [0.3, 0.4) is 0 Å². The highest BCUT2D eigenvalue weighted by molar-refractivity contribution is 7.89. The summed E-state index contributed by atoms with van der Waals surface area (Å²) < 4.78 is 43.4. The zero-order valence-electron chi connectivity index (χ0n) is 13.8. The first kappa shape index (κ1) is 18.5. The standard InChI is InChI=1S/C17H16ClNO6S/c1-23-17(20)11-6-7-13(18)16(8-11)26(21,22)19-9-12-10-24-14-4-2-3-5-15(14)25-12/h2-8,12,19H,9-10H2,1H3/t12-/m1/s1. The van der Waals surface area contributed by atoms with E-state index < -0.39 is 22.1 Å². The summed E-state index contributed by atoms with van der Waals surface area (Å²) in [4.78, 5) is 11.4. The van der Waals surface area contributed by atoms with E-state index in [0.717, 1.165) is 0 Å². The van der Waals surface area contributed by atoms with E-state index in [9.17, 15) is 13.2 Å². The molecule has 0 spiro atoms. The fourth-order valence-corrected chi connectivity index (χ4v) is 3.99. The smallest absolute Gasteiger partial charge is 0.337 e. The van der Waals surface area contributed by atoms with E-state index in [1.54, 1.807) is 18.2 Å². The van der Waals surface area contributed by atoms with Crippen LogP contribution >= 0.6 is 11.6 Å². The number of hydrogen-bond donors (Lipinski definition) is 1. The first-order valence-corrected chi connectivity index (χ1v) is 9.53. The van der Waals surface area contributed by atoms with Crippen LogP contribution in [0.4, 0.5) is 0 Å². The van der Waals surface area contributed by atoms with Crippen molar-refractivity contribution in [2.45, 2.75) is 11.0 Å². The predicted octanol–water partition coefficient (Wildman–Crippen LogP) is 2.24. The molecule has 0 bridgehead atoms. The number of ether oxygens (including phenoxy) is 3. The lowest BCUT2D eigenvalue weighted by Crippen LogP contribution is -2.40. The summed E-state index contributed by atoms with van der Waals surface area (Å²) in [5, 5.41) is -0.00342. The first-order valence-electron chi connectivity index (χ1n) is 7.67. The Balaban J connectivity index is 1.73. The number of rotatable bonds is 5. The molecule has 0 fully saturated rings. The van der Waals surface area contributed by atoms with Gasteiger partial charge in [0.15, 0.2) is 11.5 Å². The highest BCUT2D eigenvalue weighted by atomic mass is 35.5. The Morgan fingerprint density at radius 1 is 1.27 bits per heavy atom. The first-order chi connectivity index (χ1) is 12.4. The van der Waals surface area contributed by atoms with Gasteiger partial charge in [-0.15, -0.1) is 0 Å². The van der Waals surface area contributed by atoms with Crippen LogP contribution in [0.5, 0.6) is 11.5 Å². The Morgan fingerprint density at radius 3 is 2.73 bits per heavy atom. The molecule has 0 saturated carbocycles. The van der Waals surface area contributed by atoms with Crippen LogP contribution in [0, 0.1) is 0 Å². The molecule has 1 atom stereocenters. The van der Waals surface area contributed by atoms with E-state index in [1.165, 1.54) is 25.3 Å². The van der Waals surface area contributed by atoms with Crippen LogP contribution in [-0.4, -0.2) is 40.8 Å². The fraction of sp³-hybridized carbons (Fsp3) is 0.235. The minimum absolute atomic E-state index is 0.00342. The fourth-order valence-electron chi connectivity index (χ4n) is 2.40. The van der Waals surface area contributed by atoms with Gasteiger partial charge in [0.25, 0.3) is 0 Å². The van der Waals surface area contributed by atoms with Crippen LogP contribution in [-0.2, 0) is 14.8 Å². The summed E-state index contributed by atoms with van der Waals surface area (Å²) in [5.41, 5.74) is 0.0865. The number of sulfonamides is 1. The Kier molecular flexibility index (Phi) is 5.36. The third-order valence-corrected chi connectivity index (χ3v) is 5.62. The second-order valence-corrected chi connectivity index (χ2v) is 7.63. The molecule has 1 heterocycles. The van der Waals surface area contributed by atoms with Crippen LogP contribution < -0.4 is 14.2 Å². The monoisotopic (exact) mass is 397 g/mol. The summed E-state index contributed by atoms with van der Waals surface area (Å²) >= 11 is 5.99. The third-order valence-electron chi connectivity index (χ3n) is 3.71. The van der Waals surface area contributed by atoms with Crippen molar-refractivity contribution in [1.82, 2.24) is 4.72 Å². The molecule has 2 aromatic carbocycles. The Hall–Kier alpha value is -2.29. The molecule has 0 saturated heterocycles. The molecule has 0 amide bonds. The summed E-state index contributed by atoms with van der Waals surface area (Å²) in [6.45, 7) is 0.185. The number of carbonyl (C=O) groups excluding carboxylic acids is 1. The Labute approximate surface area is 155 Å². The van der Waals surface area contributed by atoms with E-state index in [-0.39, 0.29) is 28.6 Å². The predicted molar refractivity (Wildman–Crippen MR) is 94.3 cm³/mol. The topological polar surface area (TPSA) is 90.9 Å². The summed E-state index contributed by atoms with van der Waals surface area (Å²) in [6.07, 6.45) is -0.498. The third kappa shape index (κ3) is 3.92. The van der Waals surface area contributed by atoms with E-state index in [2.05, 4.69) is 9.46 Å². The van der Waals surface area contributed by atoms with Gasteiger partial charge < -0.3 is 14.2 Å². The van der Waals surface area contributed by atoms with Crippen molar-refractivity contribution in [3.05, 3.63) is 53.1 Å². The average Bonchev–Trinajstić information content (AvgIpc) is 2.66. The van der Waals surface area contributed by atoms with Gasteiger partial charge in [-0.3, -0.25) is 0 Å². The van der Waals surface area contributed by atoms with E-state index in [4.69, 9.17) is 21.1 Å². The number of benzene rings is 2. The van der Waals surface area contributed by atoms with Crippen molar-refractivity contribution in [3.8, 4) is 11.5 Å². The molecule has 1 aliphatic rings. The summed E-state index contributed by atoms with van der Waals surface area (Å²) in [6, 6.07) is 11.0. The highest BCUT2D eigenvalue weighted by Crippen LogP contribution is 2.31. The van der Waals surface area contributed by atoms with Crippen molar-refractivity contribution < 1.29 is 27.4 Å². The maximum absolute atomic E-state index is 12.6. The quantitative estimate of drug-likeness (QED) is 0.778.